The molecular weight excluding hydrogens is 316 g/mol. The third-order valence-corrected chi connectivity index (χ3v) is 3.93. The summed E-state index contributed by atoms with van der Waals surface area (Å²) in [6, 6.07) is 19.0. The van der Waals surface area contributed by atoms with Gasteiger partial charge in [-0.15, -0.1) is 0 Å². The zero-order valence-corrected chi connectivity index (χ0v) is 13.9. The van der Waals surface area contributed by atoms with E-state index in [1.165, 1.54) is 11.8 Å². The molecule has 1 aromatic heterocycles. The van der Waals surface area contributed by atoms with Gasteiger partial charge in [0.15, 0.2) is 5.76 Å². The van der Waals surface area contributed by atoms with Crippen molar-refractivity contribution in [1.29, 1.82) is 0 Å². The quantitative estimate of drug-likeness (QED) is 0.698. The van der Waals surface area contributed by atoms with Gasteiger partial charge >= 0.3 is 11.8 Å². The minimum absolute atomic E-state index is 0.379. The van der Waals surface area contributed by atoms with Crippen LogP contribution < -0.4 is 11.1 Å². The summed E-state index contributed by atoms with van der Waals surface area (Å²) in [5, 5.41) is 2.75. The molecule has 5 nitrogen and oxygen atoms in total. The first-order chi connectivity index (χ1) is 12.2. The third kappa shape index (κ3) is 4.47. The average molecular weight is 336 g/mol. The number of benzene rings is 2. The Hall–Kier alpha value is -3.08. The Kier molecular flexibility index (Phi) is 5.46. The molecule has 0 bridgehead atoms. The monoisotopic (exact) mass is 336 g/mol. The molecule has 0 spiro atoms. The second-order valence-corrected chi connectivity index (χ2v) is 5.77. The van der Waals surface area contributed by atoms with Gasteiger partial charge in [0.25, 0.3) is 0 Å². The van der Waals surface area contributed by atoms with Crippen molar-refractivity contribution in [1.82, 2.24) is 9.88 Å². The van der Waals surface area contributed by atoms with E-state index in [-0.39, 0.29) is 0 Å². The lowest BCUT2D eigenvalue weighted by Gasteiger charge is -2.04. The van der Waals surface area contributed by atoms with Crippen molar-refractivity contribution >= 4 is 6.03 Å². The fourth-order valence-corrected chi connectivity index (χ4v) is 2.60. The highest BCUT2D eigenvalue weighted by Crippen LogP contribution is 2.16. The number of nitrogens with one attached hydrogen (secondary N) is 1. The molecule has 0 unspecified atom stereocenters. The second kappa shape index (κ2) is 8.15. The van der Waals surface area contributed by atoms with Crippen LogP contribution in [-0.2, 0) is 6.42 Å². The number of nitrogens with zero attached hydrogens (tertiary/aromatic N) is 1. The van der Waals surface area contributed by atoms with Gasteiger partial charge in [-0.05, 0) is 24.8 Å². The fourth-order valence-electron chi connectivity index (χ4n) is 2.60. The number of hydrogen-bond acceptors (Lipinski definition) is 3. The van der Waals surface area contributed by atoms with Gasteiger partial charge in [-0.1, -0.05) is 60.7 Å². The molecule has 5 heteroatoms. The van der Waals surface area contributed by atoms with Gasteiger partial charge in [-0.3, -0.25) is 0 Å². The minimum Gasteiger partial charge on any atom is -0.407 e. The van der Waals surface area contributed by atoms with Crippen LogP contribution in [0, 0.1) is 0 Å². The zero-order chi connectivity index (χ0) is 17.5. The Morgan fingerprint density at radius 1 is 0.960 bits per heavy atom. The van der Waals surface area contributed by atoms with Crippen LogP contribution in [0.25, 0.3) is 11.3 Å². The number of amides is 1. The molecule has 0 atom stereocenters. The van der Waals surface area contributed by atoms with E-state index >= 15 is 0 Å². The lowest BCUT2D eigenvalue weighted by Crippen LogP contribution is -2.34. The molecule has 0 radical (unpaired) electrons. The largest absolute Gasteiger partial charge is 0.427 e. The van der Waals surface area contributed by atoms with E-state index in [4.69, 9.17) is 4.42 Å². The highest BCUT2D eigenvalue weighted by molar-refractivity contribution is 5.77. The molecule has 0 aliphatic carbocycles. The van der Waals surface area contributed by atoms with Crippen LogP contribution in [0.15, 0.2) is 76.1 Å². The summed E-state index contributed by atoms with van der Waals surface area (Å²) in [6.07, 6.45) is 4.22. The Morgan fingerprint density at radius 2 is 1.64 bits per heavy atom. The van der Waals surface area contributed by atoms with Crippen LogP contribution in [0.2, 0.25) is 0 Å². The molecule has 25 heavy (non-hydrogen) atoms. The highest BCUT2D eigenvalue weighted by Gasteiger charge is 2.13. The van der Waals surface area contributed by atoms with Crippen LogP contribution in [0.5, 0.6) is 0 Å². The van der Waals surface area contributed by atoms with Crippen molar-refractivity contribution in [3.05, 3.63) is 83.0 Å². The van der Waals surface area contributed by atoms with Crippen LogP contribution in [-0.4, -0.2) is 17.1 Å². The molecule has 3 aromatic rings. The molecule has 0 saturated heterocycles. The van der Waals surface area contributed by atoms with Crippen molar-refractivity contribution in [2.45, 2.75) is 19.3 Å². The summed E-state index contributed by atoms with van der Waals surface area (Å²) in [5.41, 5.74) is 2.04. The zero-order valence-electron chi connectivity index (χ0n) is 13.9. The van der Waals surface area contributed by atoms with Gasteiger partial charge in [0.2, 0.25) is 0 Å². The van der Waals surface area contributed by atoms with Crippen molar-refractivity contribution in [2.24, 2.45) is 0 Å². The number of unbranched alkanes of at least 4 members (excludes halogenated alkanes) is 1. The number of aromatic nitrogens is 1. The molecular formula is C20H20N2O3. The van der Waals surface area contributed by atoms with E-state index in [0.29, 0.717) is 12.3 Å². The predicted octanol–water partition coefficient (Wildman–Crippen LogP) is 3.69. The molecule has 0 aliphatic heterocycles. The number of rotatable bonds is 6. The molecule has 2 aromatic carbocycles. The highest BCUT2D eigenvalue weighted by atomic mass is 16.4. The number of carbonyl (C=O) groups is 1. The maximum atomic E-state index is 12.1. The summed E-state index contributed by atoms with van der Waals surface area (Å²) >= 11 is 0. The normalized spacial score (nSPS) is 10.6. The second-order valence-electron chi connectivity index (χ2n) is 5.77. The maximum Gasteiger partial charge on any atom is 0.427 e. The van der Waals surface area contributed by atoms with E-state index in [1.807, 2.05) is 48.5 Å². The van der Waals surface area contributed by atoms with Crippen molar-refractivity contribution in [3.8, 4) is 11.3 Å². The average Bonchev–Trinajstić information content (AvgIpc) is 3.05. The van der Waals surface area contributed by atoms with Crippen molar-refractivity contribution < 1.29 is 9.21 Å². The fraction of sp³-hybridized carbons (Fsp3) is 0.200. The van der Waals surface area contributed by atoms with E-state index in [0.717, 1.165) is 29.4 Å². The summed E-state index contributed by atoms with van der Waals surface area (Å²) < 4.78 is 6.13. The molecule has 1 N–H and O–H groups in total. The standard InChI is InChI=1S/C20H20N2O3/c23-19(21-14-8-7-11-16-9-3-1-4-10-16)22-15-18(25-20(22)24)17-12-5-2-6-13-17/h1-6,9-10,12-13,15H,7-8,11,14H2,(H,21,23). The molecule has 0 aliphatic rings. The maximum absolute atomic E-state index is 12.1. The molecule has 0 saturated carbocycles. The first-order valence-corrected chi connectivity index (χ1v) is 8.34. The Balaban J connectivity index is 1.50. The van der Waals surface area contributed by atoms with E-state index in [2.05, 4.69) is 17.4 Å². The van der Waals surface area contributed by atoms with Crippen molar-refractivity contribution in [3.63, 3.8) is 0 Å². The molecule has 3 rings (SSSR count). The van der Waals surface area contributed by atoms with Crippen LogP contribution >= 0.6 is 0 Å². The predicted molar refractivity (Wildman–Crippen MR) is 96.6 cm³/mol. The van der Waals surface area contributed by atoms with Crippen LogP contribution in [0.3, 0.4) is 0 Å². The van der Waals surface area contributed by atoms with Gasteiger partial charge in [0, 0.05) is 12.1 Å². The van der Waals surface area contributed by atoms with E-state index < -0.39 is 11.8 Å². The first-order valence-electron chi connectivity index (χ1n) is 8.34. The minimum atomic E-state index is -0.680. The summed E-state index contributed by atoms with van der Waals surface area (Å²) in [4.78, 5) is 24.0. The van der Waals surface area contributed by atoms with Gasteiger partial charge in [-0.25, -0.2) is 9.59 Å². The summed E-state index contributed by atoms with van der Waals surface area (Å²) in [5.74, 6) is -0.300. The van der Waals surface area contributed by atoms with Crippen LogP contribution in [0.1, 0.15) is 18.4 Å². The van der Waals surface area contributed by atoms with E-state index in [9.17, 15) is 9.59 Å². The Bertz CT molecular complexity index is 867. The van der Waals surface area contributed by atoms with Gasteiger partial charge in [0.05, 0.1) is 6.20 Å². The number of carbonyl (C=O) groups excluding carboxylic acids is 1. The van der Waals surface area contributed by atoms with Gasteiger partial charge in [0.1, 0.15) is 0 Å². The van der Waals surface area contributed by atoms with Crippen LogP contribution in [0.4, 0.5) is 4.79 Å². The summed E-state index contributed by atoms with van der Waals surface area (Å²) in [6.45, 7) is 0.518. The molecule has 0 fully saturated rings. The lowest BCUT2D eigenvalue weighted by atomic mass is 10.1. The third-order valence-electron chi connectivity index (χ3n) is 3.93. The lowest BCUT2D eigenvalue weighted by molar-refractivity contribution is 0.240. The Labute approximate surface area is 145 Å². The molecule has 128 valence electrons. The summed E-state index contributed by atoms with van der Waals surface area (Å²) in [7, 11) is 0. The number of hydrogen-bond donors (Lipinski definition) is 1. The smallest absolute Gasteiger partial charge is 0.407 e. The molecule has 1 heterocycles. The van der Waals surface area contributed by atoms with Gasteiger partial charge < -0.3 is 9.73 Å². The number of oxazole rings is 1. The van der Waals surface area contributed by atoms with Crippen molar-refractivity contribution in [2.75, 3.05) is 6.54 Å². The Morgan fingerprint density at radius 3 is 2.36 bits per heavy atom. The topological polar surface area (TPSA) is 64.2 Å². The number of aryl methyl sites for hydroxylation is 1. The van der Waals surface area contributed by atoms with E-state index in [1.54, 1.807) is 0 Å². The molecule has 1 amide bonds. The van der Waals surface area contributed by atoms with Gasteiger partial charge in [-0.2, -0.15) is 4.57 Å². The first kappa shape index (κ1) is 16.8. The SMILES string of the molecule is O=C(NCCCCc1ccccc1)n1cc(-c2ccccc2)oc1=O.